The zero-order valence-corrected chi connectivity index (χ0v) is 12.7. The van der Waals surface area contributed by atoms with Gasteiger partial charge >= 0.3 is 6.18 Å². The fraction of sp³-hybridized carbons (Fsp3) is 0.857. The molecule has 1 saturated heterocycles. The summed E-state index contributed by atoms with van der Waals surface area (Å²) in [7, 11) is 0. The monoisotopic (exact) mass is 324 g/mol. The molecule has 1 N–H and O–H groups in total. The van der Waals surface area contributed by atoms with Crippen LogP contribution in [0.5, 0.6) is 0 Å². The van der Waals surface area contributed by atoms with E-state index in [4.69, 9.17) is 4.74 Å². The molecule has 1 heterocycles. The molecule has 22 heavy (non-hydrogen) atoms. The van der Waals surface area contributed by atoms with Gasteiger partial charge in [-0.3, -0.25) is 9.59 Å². The molecular formula is C14H23F3N2O3. The van der Waals surface area contributed by atoms with Crippen LogP contribution in [0.2, 0.25) is 0 Å². The molecule has 0 atom stereocenters. The highest BCUT2D eigenvalue weighted by atomic mass is 19.4. The van der Waals surface area contributed by atoms with Crippen LogP contribution in [0.4, 0.5) is 13.2 Å². The summed E-state index contributed by atoms with van der Waals surface area (Å²) in [6.45, 7) is 4.04. The topological polar surface area (TPSA) is 58.6 Å². The Balaban J connectivity index is 2.24. The maximum Gasteiger partial charge on any atom is 0.397 e. The van der Waals surface area contributed by atoms with Crippen molar-refractivity contribution < 1.29 is 27.5 Å². The van der Waals surface area contributed by atoms with Crippen molar-refractivity contribution in [2.75, 3.05) is 32.8 Å². The van der Waals surface area contributed by atoms with Crippen molar-refractivity contribution in [2.45, 2.75) is 38.8 Å². The van der Waals surface area contributed by atoms with E-state index in [0.717, 1.165) is 6.42 Å². The lowest BCUT2D eigenvalue weighted by molar-refractivity contribution is -0.162. The van der Waals surface area contributed by atoms with Crippen molar-refractivity contribution in [3.05, 3.63) is 0 Å². The van der Waals surface area contributed by atoms with E-state index in [2.05, 4.69) is 5.32 Å². The Morgan fingerprint density at radius 1 is 1.27 bits per heavy atom. The minimum Gasteiger partial charge on any atom is -0.382 e. The number of alkyl halides is 3. The third kappa shape index (κ3) is 7.11. The van der Waals surface area contributed by atoms with E-state index in [-0.39, 0.29) is 24.9 Å². The molecule has 5 nitrogen and oxygen atoms in total. The van der Waals surface area contributed by atoms with Gasteiger partial charge in [0.15, 0.2) is 0 Å². The molecule has 0 aromatic rings. The quantitative estimate of drug-likeness (QED) is 0.726. The minimum absolute atomic E-state index is 0.0978. The first-order valence-electron chi connectivity index (χ1n) is 7.53. The number of amides is 2. The zero-order valence-electron chi connectivity index (χ0n) is 12.7. The molecule has 1 fully saturated rings. The number of likely N-dealkylation sites (tertiary alicyclic amines) is 1. The summed E-state index contributed by atoms with van der Waals surface area (Å²) in [5.74, 6) is -1.25. The summed E-state index contributed by atoms with van der Waals surface area (Å²) in [6.07, 6.45) is -4.38. The number of rotatable bonds is 7. The molecule has 128 valence electrons. The number of ether oxygens (including phenoxy) is 1. The summed E-state index contributed by atoms with van der Waals surface area (Å²) >= 11 is 0. The highest BCUT2D eigenvalue weighted by Gasteiger charge is 2.35. The number of halogens is 3. The van der Waals surface area contributed by atoms with Gasteiger partial charge in [-0.05, 0) is 26.2 Å². The van der Waals surface area contributed by atoms with Gasteiger partial charge in [0.25, 0.3) is 0 Å². The molecule has 0 unspecified atom stereocenters. The van der Waals surface area contributed by atoms with Gasteiger partial charge in [0.05, 0.1) is 0 Å². The number of nitrogens with one attached hydrogen (secondary N) is 1. The van der Waals surface area contributed by atoms with Crippen LogP contribution >= 0.6 is 0 Å². The number of hydrogen-bond donors (Lipinski definition) is 1. The highest BCUT2D eigenvalue weighted by molar-refractivity contribution is 5.80. The average molecular weight is 324 g/mol. The van der Waals surface area contributed by atoms with Crippen molar-refractivity contribution in [3.63, 3.8) is 0 Å². The number of carbonyl (C=O) groups excluding carboxylic acids is 2. The van der Waals surface area contributed by atoms with E-state index in [1.165, 1.54) is 4.90 Å². The van der Waals surface area contributed by atoms with Crippen molar-refractivity contribution in [2.24, 2.45) is 5.92 Å². The molecular weight excluding hydrogens is 301 g/mol. The van der Waals surface area contributed by atoms with Crippen LogP contribution in [0.15, 0.2) is 0 Å². The second-order valence-electron chi connectivity index (χ2n) is 5.29. The van der Waals surface area contributed by atoms with Gasteiger partial charge in [-0.15, -0.1) is 0 Å². The summed E-state index contributed by atoms with van der Waals surface area (Å²) < 4.78 is 41.7. The van der Waals surface area contributed by atoms with E-state index < -0.39 is 18.5 Å². The second-order valence-corrected chi connectivity index (χ2v) is 5.29. The highest BCUT2D eigenvalue weighted by Crippen LogP contribution is 2.23. The molecule has 0 aromatic heterocycles. The molecule has 1 aliphatic rings. The van der Waals surface area contributed by atoms with E-state index in [9.17, 15) is 22.8 Å². The van der Waals surface area contributed by atoms with Crippen LogP contribution in [0.1, 0.15) is 32.6 Å². The van der Waals surface area contributed by atoms with Crippen LogP contribution < -0.4 is 5.32 Å². The van der Waals surface area contributed by atoms with Gasteiger partial charge in [0.1, 0.15) is 6.42 Å². The first-order chi connectivity index (χ1) is 10.3. The second kappa shape index (κ2) is 8.97. The summed E-state index contributed by atoms with van der Waals surface area (Å²) in [5.41, 5.74) is 0. The molecule has 0 aromatic carbocycles. The summed E-state index contributed by atoms with van der Waals surface area (Å²) in [6, 6.07) is 0. The Morgan fingerprint density at radius 2 is 1.91 bits per heavy atom. The van der Waals surface area contributed by atoms with Crippen LogP contribution in [0.3, 0.4) is 0 Å². The lowest BCUT2D eigenvalue weighted by Crippen LogP contribution is -2.44. The lowest BCUT2D eigenvalue weighted by atomic mass is 9.95. The fourth-order valence-electron chi connectivity index (χ4n) is 2.35. The van der Waals surface area contributed by atoms with Crippen LogP contribution in [-0.4, -0.2) is 55.7 Å². The van der Waals surface area contributed by atoms with Crippen LogP contribution in [-0.2, 0) is 14.3 Å². The first kappa shape index (κ1) is 18.7. The molecule has 1 aliphatic heterocycles. The third-order valence-electron chi connectivity index (χ3n) is 3.54. The molecule has 0 bridgehead atoms. The maximum absolute atomic E-state index is 12.2. The fourth-order valence-corrected chi connectivity index (χ4v) is 2.35. The molecule has 0 saturated carbocycles. The van der Waals surface area contributed by atoms with Crippen molar-refractivity contribution in [1.29, 1.82) is 0 Å². The Kier molecular flexibility index (Phi) is 7.64. The Morgan fingerprint density at radius 3 is 2.45 bits per heavy atom. The molecule has 1 rings (SSSR count). The molecule has 0 aliphatic carbocycles. The van der Waals surface area contributed by atoms with Crippen LogP contribution in [0, 0.1) is 5.92 Å². The van der Waals surface area contributed by atoms with E-state index >= 15 is 0 Å². The van der Waals surface area contributed by atoms with E-state index in [1.807, 2.05) is 6.92 Å². The number of piperidine rings is 1. The van der Waals surface area contributed by atoms with E-state index in [0.29, 0.717) is 32.6 Å². The number of hydrogen-bond acceptors (Lipinski definition) is 3. The molecule has 8 heteroatoms. The van der Waals surface area contributed by atoms with Crippen molar-refractivity contribution >= 4 is 11.8 Å². The standard InChI is InChI=1S/C14H23F3N2O3/c1-2-22-9-3-6-18-13(21)11-4-7-19(8-5-11)12(20)10-14(15,16)17/h11H,2-10H2,1H3,(H,18,21). The Labute approximate surface area is 128 Å². The van der Waals surface area contributed by atoms with Crippen molar-refractivity contribution in [3.8, 4) is 0 Å². The van der Waals surface area contributed by atoms with Crippen LogP contribution in [0.25, 0.3) is 0 Å². The Hall–Kier alpha value is -1.31. The normalized spacial score (nSPS) is 16.6. The van der Waals surface area contributed by atoms with Gasteiger partial charge in [-0.1, -0.05) is 0 Å². The largest absolute Gasteiger partial charge is 0.397 e. The number of carbonyl (C=O) groups is 2. The van der Waals surface area contributed by atoms with Gasteiger partial charge in [-0.25, -0.2) is 0 Å². The molecule has 0 spiro atoms. The third-order valence-corrected chi connectivity index (χ3v) is 3.54. The van der Waals surface area contributed by atoms with Gasteiger partial charge < -0.3 is 15.0 Å². The smallest absolute Gasteiger partial charge is 0.382 e. The average Bonchev–Trinajstić information content (AvgIpc) is 2.45. The SMILES string of the molecule is CCOCCCNC(=O)C1CCN(C(=O)CC(F)(F)F)CC1. The van der Waals surface area contributed by atoms with E-state index in [1.54, 1.807) is 0 Å². The van der Waals surface area contributed by atoms with Gasteiger partial charge in [-0.2, -0.15) is 13.2 Å². The molecule has 2 amide bonds. The zero-order chi connectivity index (χ0) is 16.6. The summed E-state index contributed by atoms with van der Waals surface area (Å²) in [5, 5.41) is 2.79. The van der Waals surface area contributed by atoms with Crippen molar-refractivity contribution in [1.82, 2.24) is 10.2 Å². The predicted octanol–water partition coefficient (Wildman–Crippen LogP) is 1.72. The molecule has 0 radical (unpaired) electrons. The Bertz CT molecular complexity index is 367. The summed E-state index contributed by atoms with van der Waals surface area (Å²) in [4.78, 5) is 24.5. The number of nitrogens with zero attached hydrogens (tertiary/aromatic N) is 1. The van der Waals surface area contributed by atoms with Gasteiger partial charge in [0.2, 0.25) is 11.8 Å². The minimum atomic E-state index is -4.48. The first-order valence-corrected chi connectivity index (χ1v) is 7.53. The maximum atomic E-state index is 12.2. The van der Waals surface area contributed by atoms with Gasteiger partial charge in [0, 0.05) is 38.8 Å². The predicted molar refractivity (Wildman–Crippen MR) is 74.1 cm³/mol. The lowest BCUT2D eigenvalue weighted by Gasteiger charge is -2.31.